The third kappa shape index (κ3) is 3.05. The molecule has 0 spiro atoms. The first-order valence-electron chi connectivity index (χ1n) is 5.78. The predicted octanol–water partition coefficient (Wildman–Crippen LogP) is 2.45. The van der Waals surface area contributed by atoms with Crippen LogP contribution in [0.15, 0.2) is 40.8 Å². The molecule has 0 amide bonds. The summed E-state index contributed by atoms with van der Waals surface area (Å²) in [6.45, 7) is 2.15. The molecule has 1 aromatic heterocycles. The Balaban J connectivity index is 1.97. The van der Waals surface area contributed by atoms with Crippen LogP contribution in [0.3, 0.4) is 0 Å². The molecule has 1 heterocycles. The Bertz CT molecular complexity index is 487. The molecule has 4 heteroatoms. The number of hydrogen-bond acceptors (Lipinski definition) is 4. The third-order valence-electron chi connectivity index (χ3n) is 2.67. The largest absolute Gasteiger partial charge is 0.508 e. The first kappa shape index (κ1) is 12.5. The Morgan fingerprint density at radius 2 is 1.89 bits per heavy atom. The zero-order valence-corrected chi connectivity index (χ0v) is 10.2. The van der Waals surface area contributed by atoms with E-state index in [0.717, 1.165) is 5.76 Å². The summed E-state index contributed by atoms with van der Waals surface area (Å²) in [5, 5.41) is 18.5. The van der Waals surface area contributed by atoms with Crippen molar-refractivity contribution in [3.8, 4) is 11.5 Å². The number of phenols is 1. The van der Waals surface area contributed by atoms with Gasteiger partial charge in [-0.1, -0.05) is 0 Å². The maximum atomic E-state index is 9.33. The number of furan rings is 1. The molecule has 0 saturated carbocycles. The van der Waals surface area contributed by atoms with Crippen LogP contribution < -0.4 is 4.74 Å². The van der Waals surface area contributed by atoms with Gasteiger partial charge >= 0.3 is 0 Å². The van der Waals surface area contributed by atoms with Crippen LogP contribution in [0.1, 0.15) is 17.4 Å². The van der Waals surface area contributed by atoms with Crippen molar-refractivity contribution in [2.24, 2.45) is 0 Å². The van der Waals surface area contributed by atoms with Crippen molar-refractivity contribution in [2.45, 2.75) is 12.8 Å². The Morgan fingerprint density at radius 3 is 2.44 bits per heavy atom. The van der Waals surface area contributed by atoms with Gasteiger partial charge in [0.25, 0.3) is 0 Å². The van der Waals surface area contributed by atoms with Gasteiger partial charge in [-0.05, 0) is 43.3 Å². The van der Waals surface area contributed by atoms with E-state index in [9.17, 15) is 5.11 Å². The van der Waals surface area contributed by atoms with Crippen LogP contribution in [0.5, 0.6) is 11.5 Å². The van der Waals surface area contributed by atoms with Gasteiger partial charge in [-0.15, -0.1) is 0 Å². The molecular formula is C14H16O4. The monoisotopic (exact) mass is 248 g/mol. The Hall–Kier alpha value is -1.94. The van der Waals surface area contributed by atoms with Gasteiger partial charge in [-0.25, -0.2) is 0 Å². The molecule has 2 N–H and O–H groups in total. The van der Waals surface area contributed by atoms with Crippen LogP contribution in [-0.2, 0) is 0 Å². The highest BCUT2D eigenvalue weighted by Crippen LogP contribution is 2.21. The zero-order chi connectivity index (χ0) is 13.0. The number of hydrogen-bond donors (Lipinski definition) is 2. The number of aliphatic hydroxyl groups is 1. The summed E-state index contributed by atoms with van der Waals surface area (Å²) in [6.07, 6.45) is 0. The van der Waals surface area contributed by atoms with Crippen molar-refractivity contribution in [1.82, 2.24) is 0 Å². The molecule has 2 rings (SSSR count). The number of aliphatic hydroxyl groups excluding tert-OH is 1. The Morgan fingerprint density at radius 1 is 1.17 bits per heavy atom. The topological polar surface area (TPSA) is 62.8 Å². The second kappa shape index (κ2) is 5.60. The summed E-state index contributed by atoms with van der Waals surface area (Å²) in [6, 6.07) is 10.2. The van der Waals surface area contributed by atoms with E-state index >= 15 is 0 Å². The standard InChI is InChI=1S/C14H16O4/c1-10-2-7-14(18-10)11(8-15)9-17-13-5-3-12(16)4-6-13/h2-7,11,15-16H,8-9H2,1H3. The maximum absolute atomic E-state index is 9.33. The zero-order valence-electron chi connectivity index (χ0n) is 10.2. The molecule has 96 valence electrons. The van der Waals surface area contributed by atoms with Gasteiger partial charge in [0.2, 0.25) is 0 Å². The highest BCUT2D eigenvalue weighted by Gasteiger charge is 2.15. The van der Waals surface area contributed by atoms with E-state index in [1.165, 1.54) is 0 Å². The fraction of sp³-hybridized carbons (Fsp3) is 0.286. The average molecular weight is 248 g/mol. The lowest BCUT2D eigenvalue weighted by Gasteiger charge is -2.13. The average Bonchev–Trinajstić information content (AvgIpc) is 2.79. The minimum atomic E-state index is -0.187. The van der Waals surface area contributed by atoms with E-state index in [0.29, 0.717) is 18.1 Å². The van der Waals surface area contributed by atoms with E-state index in [1.54, 1.807) is 24.3 Å². The highest BCUT2D eigenvalue weighted by molar-refractivity contribution is 5.30. The first-order valence-corrected chi connectivity index (χ1v) is 5.78. The number of rotatable bonds is 5. The molecule has 0 aliphatic rings. The Kier molecular flexibility index (Phi) is 3.89. The van der Waals surface area contributed by atoms with Crippen molar-refractivity contribution in [3.63, 3.8) is 0 Å². The van der Waals surface area contributed by atoms with Crippen LogP contribution in [-0.4, -0.2) is 23.4 Å². The predicted molar refractivity (Wildman–Crippen MR) is 66.9 cm³/mol. The van der Waals surface area contributed by atoms with Gasteiger partial charge in [-0.2, -0.15) is 0 Å². The van der Waals surface area contributed by atoms with Crippen molar-refractivity contribution in [1.29, 1.82) is 0 Å². The van der Waals surface area contributed by atoms with Crippen LogP contribution in [0.25, 0.3) is 0 Å². The SMILES string of the molecule is Cc1ccc(C(CO)COc2ccc(O)cc2)o1. The highest BCUT2D eigenvalue weighted by atomic mass is 16.5. The summed E-state index contributed by atoms with van der Waals surface area (Å²) >= 11 is 0. The van der Waals surface area contributed by atoms with Gasteiger partial charge < -0.3 is 19.4 Å². The molecular weight excluding hydrogens is 232 g/mol. The Labute approximate surface area is 105 Å². The van der Waals surface area contributed by atoms with Gasteiger partial charge in [0, 0.05) is 0 Å². The summed E-state index contributed by atoms with van der Waals surface area (Å²) in [5.74, 6) is 2.19. The lowest BCUT2D eigenvalue weighted by Crippen LogP contribution is -2.13. The number of ether oxygens (including phenoxy) is 1. The van der Waals surface area contributed by atoms with Crippen molar-refractivity contribution in [2.75, 3.05) is 13.2 Å². The van der Waals surface area contributed by atoms with Crippen molar-refractivity contribution < 1.29 is 19.4 Å². The molecule has 1 unspecified atom stereocenters. The molecule has 0 radical (unpaired) electrons. The fourth-order valence-electron chi connectivity index (χ4n) is 1.64. The van der Waals surface area contributed by atoms with Crippen LogP contribution in [0, 0.1) is 6.92 Å². The molecule has 2 aromatic rings. The summed E-state index contributed by atoms with van der Waals surface area (Å²) in [7, 11) is 0. The summed E-state index contributed by atoms with van der Waals surface area (Å²) < 4.78 is 11.0. The van der Waals surface area contributed by atoms with Crippen molar-refractivity contribution >= 4 is 0 Å². The lowest BCUT2D eigenvalue weighted by atomic mass is 10.1. The number of phenolic OH excluding ortho intramolecular Hbond substituents is 1. The molecule has 0 aliphatic carbocycles. The van der Waals surface area contributed by atoms with Crippen molar-refractivity contribution in [3.05, 3.63) is 47.9 Å². The normalized spacial score (nSPS) is 12.3. The maximum Gasteiger partial charge on any atom is 0.119 e. The molecule has 1 aromatic carbocycles. The van der Waals surface area contributed by atoms with Crippen LogP contribution >= 0.6 is 0 Å². The molecule has 0 aliphatic heterocycles. The molecule has 18 heavy (non-hydrogen) atoms. The van der Waals surface area contributed by atoms with Crippen LogP contribution in [0.2, 0.25) is 0 Å². The van der Waals surface area contributed by atoms with E-state index in [-0.39, 0.29) is 18.3 Å². The molecule has 4 nitrogen and oxygen atoms in total. The smallest absolute Gasteiger partial charge is 0.119 e. The van der Waals surface area contributed by atoms with E-state index in [2.05, 4.69) is 0 Å². The fourth-order valence-corrected chi connectivity index (χ4v) is 1.64. The van der Waals surface area contributed by atoms with Crippen LogP contribution in [0.4, 0.5) is 0 Å². The summed E-state index contributed by atoms with van der Waals surface area (Å²) in [5.41, 5.74) is 0. The molecule has 1 atom stereocenters. The third-order valence-corrected chi connectivity index (χ3v) is 2.67. The van der Waals surface area contributed by atoms with Gasteiger partial charge in [0.15, 0.2) is 0 Å². The first-order chi connectivity index (χ1) is 8.69. The molecule has 0 bridgehead atoms. The minimum Gasteiger partial charge on any atom is -0.508 e. The van der Waals surface area contributed by atoms with Gasteiger partial charge in [0.1, 0.15) is 29.6 Å². The number of aryl methyl sites for hydroxylation is 1. The van der Waals surface area contributed by atoms with E-state index in [1.807, 2.05) is 19.1 Å². The van der Waals surface area contributed by atoms with Gasteiger partial charge in [0.05, 0.1) is 12.5 Å². The summed E-state index contributed by atoms with van der Waals surface area (Å²) in [4.78, 5) is 0. The second-order valence-electron chi connectivity index (χ2n) is 4.13. The minimum absolute atomic E-state index is 0.0367. The second-order valence-corrected chi connectivity index (χ2v) is 4.13. The number of aromatic hydroxyl groups is 1. The van der Waals surface area contributed by atoms with E-state index in [4.69, 9.17) is 14.3 Å². The van der Waals surface area contributed by atoms with E-state index < -0.39 is 0 Å². The molecule has 0 fully saturated rings. The number of benzene rings is 1. The quantitative estimate of drug-likeness (QED) is 0.853. The van der Waals surface area contributed by atoms with Gasteiger partial charge in [-0.3, -0.25) is 0 Å². The lowest BCUT2D eigenvalue weighted by molar-refractivity contribution is 0.189. The molecule has 0 saturated heterocycles.